The van der Waals surface area contributed by atoms with Gasteiger partial charge in [0, 0.05) is 24.3 Å². The summed E-state index contributed by atoms with van der Waals surface area (Å²) in [5.41, 5.74) is 2.98. The number of amides is 1. The lowest BCUT2D eigenvalue weighted by molar-refractivity contribution is -0.124. The molecule has 1 N–H and O–H groups in total. The molecule has 1 aliphatic heterocycles. The van der Waals surface area contributed by atoms with Crippen LogP contribution in [0.25, 0.3) is 0 Å². The number of benzene rings is 2. The molecule has 3 rings (SSSR count). The van der Waals surface area contributed by atoms with E-state index in [1.807, 2.05) is 19.9 Å². The molecule has 1 heterocycles. The van der Waals surface area contributed by atoms with Crippen LogP contribution in [0.5, 0.6) is 0 Å². The molecule has 6 nitrogen and oxygen atoms in total. The van der Waals surface area contributed by atoms with Gasteiger partial charge < -0.3 is 14.8 Å². The molecular formula is C23H25NO5. The minimum atomic E-state index is -0.704. The standard InChI is InChI=1S/C23H25NO5/c1-15-9-10-17(12-16(15)2)22(26)19-7-3-4-8-20(19)23(27)29-14-21(25)24-13-18-6-5-11-28-18/h3-4,7-10,12,18H,5-6,11,13-14H2,1-2H3,(H,24,25). The fourth-order valence-electron chi connectivity index (χ4n) is 3.19. The Labute approximate surface area is 170 Å². The number of carbonyl (C=O) groups excluding carboxylic acids is 3. The van der Waals surface area contributed by atoms with E-state index in [1.165, 1.54) is 6.07 Å². The van der Waals surface area contributed by atoms with E-state index < -0.39 is 18.5 Å². The van der Waals surface area contributed by atoms with Gasteiger partial charge in [-0.15, -0.1) is 0 Å². The Hall–Kier alpha value is -2.99. The van der Waals surface area contributed by atoms with Crippen LogP contribution in [-0.4, -0.2) is 43.5 Å². The summed E-state index contributed by atoms with van der Waals surface area (Å²) in [5, 5.41) is 2.70. The van der Waals surface area contributed by atoms with Crippen molar-refractivity contribution in [3.05, 3.63) is 70.3 Å². The summed E-state index contributed by atoms with van der Waals surface area (Å²) in [7, 11) is 0. The molecule has 152 valence electrons. The van der Waals surface area contributed by atoms with Crippen molar-refractivity contribution >= 4 is 17.7 Å². The summed E-state index contributed by atoms with van der Waals surface area (Å²) >= 11 is 0. The molecule has 1 fully saturated rings. The molecule has 2 aromatic rings. The highest BCUT2D eigenvalue weighted by Crippen LogP contribution is 2.18. The molecule has 0 radical (unpaired) electrons. The first-order valence-corrected chi connectivity index (χ1v) is 9.72. The Morgan fingerprint density at radius 3 is 2.52 bits per heavy atom. The predicted molar refractivity (Wildman–Crippen MR) is 108 cm³/mol. The highest BCUT2D eigenvalue weighted by atomic mass is 16.5. The van der Waals surface area contributed by atoms with Crippen LogP contribution in [0.2, 0.25) is 0 Å². The zero-order valence-electron chi connectivity index (χ0n) is 16.7. The largest absolute Gasteiger partial charge is 0.452 e. The van der Waals surface area contributed by atoms with E-state index in [-0.39, 0.29) is 23.0 Å². The topological polar surface area (TPSA) is 81.7 Å². The monoisotopic (exact) mass is 395 g/mol. The van der Waals surface area contributed by atoms with Gasteiger partial charge in [-0.1, -0.05) is 30.3 Å². The number of hydrogen-bond acceptors (Lipinski definition) is 5. The first-order chi connectivity index (χ1) is 14.0. The second-order valence-electron chi connectivity index (χ2n) is 7.19. The molecule has 0 bridgehead atoms. The van der Waals surface area contributed by atoms with Gasteiger partial charge in [0.2, 0.25) is 0 Å². The van der Waals surface area contributed by atoms with Crippen molar-refractivity contribution in [1.82, 2.24) is 5.32 Å². The van der Waals surface area contributed by atoms with Crippen molar-refractivity contribution in [3.8, 4) is 0 Å². The van der Waals surface area contributed by atoms with Crippen molar-refractivity contribution in [2.75, 3.05) is 19.8 Å². The third-order valence-corrected chi connectivity index (χ3v) is 5.05. The number of hydrogen-bond donors (Lipinski definition) is 1. The van der Waals surface area contributed by atoms with Crippen LogP contribution in [0.4, 0.5) is 0 Å². The van der Waals surface area contributed by atoms with Gasteiger partial charge in [0.25, 0.3) is 5.91 Å². The Morgan fingerprint density at radius 2 is 1.83 bits per heavy atom. The normalized spacial score (nSPS) is 15.7. The fourth-order valence-corrected chi connectivity index (χ4v) is 3.19. The van der Waals surface area contributed by atoms with Gasteiger partial charge >= 0.3 is 5.97 Å². The second kappa shape index (κ2) is 9.47. The minimum Gasteiger partial charge on any atom is -0.452 e. The lowest BCUT2D eigenvalue weighted by Crippen LogP contribution is -2.34. The smallest absolute Gasteiger partial charge is 0.339 e. The predicted octanol–water partition coefficient (Wildman–Crippen LogP) is 2.99. The number of carbonyl (C=O) groups is 3. The van der Waals surface area contributed by atoms with E-state index in [2.05, 4.69) is 5.32 Å². The van der Waals surface area contributed by atoms with Crippen molar-refractivity contribution in [2.45, 2.75) is 32.8 Å². The second-order valence-corrected chi connectivity index (χ2v) is 7.19. The van der Waals surface area contributed by atoms with E-state index >= 15 is 0 Å². The molecule has 1 atom stereocenters. The Kier molecular flexibility index (Phi) is 6.77. The molecule has 0 spiro atoms. The number of ketones is 1. The van der Waals surface area contributed by atoms with Gasteiger partial charge in [0.05, 0.1) is 11.7 Å². The lowest BCUT2D eigenvalue weighted by atomic mass is 9.96. The molecule has 0 aliphatic carbocycles. The summed E-state index contributed by atoms with van der Waals surface area (Å²) in [6.45, 7) is 4.61. The van der Waals surface area contributed by atoms with Crippen LogP contribution in [0, 0.1) is 13.8 Å². The molecule has 6 heteroatoms. The third kappa shape index (κ3) is 5.29. The summed E-state index contributed by atoms with van der Waals surface area (Å²) < 4.78 is 10.6. The maximum atomic E-state index is 12.9. The van der Waals surface area contributed by atoms with E-state index in [0.29, 0.717) is 18.7 Å². The van der Waals surface area contributed by atoms with Crippen LogP contribution < -0.4 is 5.32 Å². The number of nitrogens with one attached hydrogen (secondary N) is 1. The third-order valence-electron chi connectivity index (χ3n) is 5.05. The molecule has 0 aromatic heterocycles. The van der Waals surface area contributed by atoms with Gasteiger partial charge in [0.15, 0.2) is 12.4 Å². The Morgan fingerprint density at radius 1 is 1.07 bits per heavy atom. The first-order valence-electron chi connectivity index (χ1n) is 9.72. The molecule has 2 aromatic carbocycles. The Bertz CT molecular complexity index is 915. The van der Waals surface area contributed by atoms with Gasteiger partial charge in [-0.3, -0.25) is 9.59 Å². The van der Waals surface area contributed by atoms with Gasteiger partial charge in [0.1, 0.15) is 0 Å². The van der Waals surface area contributed by atoms with Gasteiger partial charge in [-0.2, -0.15) is 0 Å². The van der Waals surface area contributed by atoms with Gasteiger partial charge in [-0.25, -0.2) is 4.79 Å². The van der Waals surface area contributed by atoms with Crippen LogP contribution in [0.1, 0.15) is 50.2 Å². The Balaban J connectivity index is 1.64. The average molecular weight is 395 g/mol. The van der Waals surface area contributed by atoms with Crippen molar-refractivity contribution in [3.63, 3.8) is 0 Å². The average Bonchev–Trinajstić information content (AvgIpc) is 3.25. The minimum absolute atomic E-state index is 0.0194. The summed E-state index contributed by atoms with van der Waals surface area (Å²) in [6, 6.07) is 11.9. The van der Waals surface area contributed by atoms with Crippen LogP contribution in [0.15, 0.2) is 42.5 Å². The van der Waals surface area contributed by atoms with E-state index in [1.54, 1.807) is 30.3 Å². The van der Waals surface area contributed by atoms with E-state index in [4.69, 9.17) is 9.47 Å². The van der Waals surface area contributed by atoms with E-state index in [0.717, 1.165) is 24.0 Å². The summed E-state index contributed by atoms with van der Waals surface area (Å²) in [6.07, 6.45) is 1.92. The zero-order valence-corrected chi connectivity index (χ0v) is 16.7. The SMILES string of the molecule is Cc1ccc(C(=O)c2ccccc2C(=O)OCC(=O)NCC2CCCO2)cc1C. The summed E-state index contributed by atoms with van der Waals surface area (Å²) in [4.78, 5) is 37.4. The van der Waals surface area contributed by atoms with E-state index in [9.17, 15) is 14.4 Å². The number of aryl methyl sites for hydroxylation is 2. The molecule has 1 unspecified atom stereocenters. The molecule has 1 aliphatic rings. The fraction of sp³-hybridized carbons (Fsp3) is 0.348. The lowest BCUT2D eigenvalue weighted by Gasteiger charge is -2.12. The maximum Gasteiger partial charge on any atom is 0.339 e. The molecule has 1 saturated heterocycles. The van der Waals surface area contributed by atoms with Crippen LogP contribution >= 0.6 is 0 Å². The number of ether oxygens (including phenoxy) is 2. The highest BCUT2D eigenvalue weighted by molar-refractivity contribution is 6.14. The maximum absolute atomic E-state index is 12.9. The first kappa shape index (κ1) is 20.7. The van der Waals surface area contributed by atoms with Crippen LogP contribution in [-0.2, 0) is 14.3 Å². The zero-order chi connectivity index (χ0) is 20.8. The summed E-state index contributed by atoms with van der Waals surface area (Å²) in [5.74, 6) is -1.36. The number of esters is 1. The molecule has 0 saturated carbocycles. The van der Waals surface area contributed by atoms with Crippen molar-refractivity contribution < 1.29 is 23.9 Å². The number of rotatable bonds is 7. The quantitative estimate of drug-likeness (QED) is 0.576. The van der Waals surface area contributed by atoms with Crippen molar-refractivity contribution in [2.24, 2.45) is 0 Å². The van der Waals surface area contributed by atoms with Crippen molar-refractivity contribution in [1.29, 1.82) is 0 Å². The molecule has 1 amide bonds. The van der Waals surface area contributed by atoms with Crippen LogP contribution in [0.3, 0.4) is 0 Å². The van der Waals surface area contributed by atoms with Gasteiger partial charge in [-0.05, 0) is 49.9 Å². The molecular weight excluding hydrogens is 370 g/mol. The molecule has 29 heavy (non-hydrogen) atoms. The highest BCUT2D eigenvalue weighted by Gasteiger charge is 2.21.